The highest BCUT2D eigenvalue weighted by atomic mass is 16.5. The smallest absolute Gasteiger partial charge is 0.313 e. The number of carbonyl (C=O) groups excluding carboxylic acids is 1. The van der Waals surface area contributed by atoms with Gasteiger partial charge in [0.25, 0.3) is 0 Å². The maximum atomic E-state index is 11.3. The van der Waals surface area contributed by atoms with Gasteiger partial charge in [0, 0.05) is 0 Å². The van der Waals surface area contributed by atoms with Crippen LogP contribution in [0.15, 0.2) is 30.3 Å². The summed E-state index contributed by atoms with van der Waals surface area (Å²) < 4.78 is 4.72. The van der Waals surface area contributed by atoms with Crippen LogP contribution < -0.4 is 0 Å². The Morgan fingerprint density at radius 1 is 1.38 bits per heavy atom. The second-order valence-electron chi connectivity index (χ2n) is 2.89. The Labute approximate surface area is 78.5 Å². The van der Waals surface area contributed by atoms with E-state index in [1.165, 1.54) is 7.11 Å². The van der Waals surface area contributed by atoms with Gasteiger partial charge in [-0.3, -0.25) is 4.79 Å². The zero-order valence-electron chi connectivity index (χ0n) is 7.99. The van der Waals surface area contributed by atoms with Crippen molar-refractivity contribution in [2.75, 3.05) is 7.11 Å². The molecule has 0 fully saturated rings. The van der Waals surface area contributed by atoms with Crippen molar-refractivity contribution in [1.82, 2.24) is 0 Å². The van der Waals surface area contributed by atoms with E-state index in [1.54, 1.807) is 0 Å². The van der Waals surface area contributed by atoms with E-state index in [0.29, 0.717) is 0 Å². The van der Waals surface area contributed by atoms with E-state index in [9.17, 15) is 4.79 Å². The molecule has 70 valence electrons. The van der Waals surface area contributed by atoms with Crippen LogP contribution in [0, 0.1) is 0 Å². The molecular formula is C11H14O2. The van der Waals surface area contributed by atoms with Gasteiger partial charge in [0.2, 0.25) is 0 Å². The first-order valence-corrected chi connectivity index (χ1v) is 4.42. The van der Waals surface area contributed by atoms with Crippen LogP contribution in [0.25, 0.3) is 0 Å². The predicted molar refractivity (Wildman–Crippen MR) is 51.5 cm³/mol. The van der Waals surface area contributed by atoms with Crippen molar-refractivity contribution in [3.63, 3.8) is 0 Å². The monoisotopic (exact) mass is 178 g/mol. The van der Waals surface area contributed by atoms with Gasteiger partial charge in [-0.05, 0) is 12.0 Å². The Bertz CT molecular complexity index is 267. The SMILES string of the molecule is CC[C@@H](C(=O)OC)c1ccccc1. The first-order valence-electron chi connectivity index (χ1n) is 4.42. The quantitative estimate of drug-likeness (QED) is 0.664. The van der Waals surface area contributed by atoms with E-state index < -0.39 is 0 Å². The predicted octanol–water partition coefficient (Wildman–Crippen LogP) is 2.35. The summed E-state index contributed by atoms with van der Waals surface area (Å²) in [7, 11) is 1.42. The Morgan fingerprint density at radius 2 is 2.00 bits per heavy atom. The summed E-state index contributed by atoms with van der Waals surface area (Å²) >= 11 is 0. The van der Waals surface area contributed by atoms with Crippen molar-refractivity contribution >= 4 is 5.97 Å². The van der Waals surface area contributed by atoms with Gasteiger partial charge in [0.15, 0.2) is 0 Å². The van der Waals surface area contributed by atoms with E-state index in [-0.39, 0.29) is 11.9 Å². The molecule has 0 saturated carbocycles. The molecule has 2 nitrogen and oxygen atoms in total. The van der Waals surface area contributed by atoms with Crippen molar-refractivity contribution < 1.29 is 9.53 Å². The lowest BCUT2D eigenvalue weighted by Gasteiger charge is -2.11. The Hall–Kier alpha value is -1.31. The summed E-state index contributed by atoms with van der Waals surface area (Å²) in [5, 5.41) is 0. The first kappa shape index (κ1) is 9.78. The van der Waals surface area contributed by atoms with Crippen LogP contribution in [0.1, 0.15) is 24.8 Å². The van der Waals surface area contributed by atoms with Gasteiger partial charge in [0.1, 0.15) is 0 Å². The van der Waals surface area contributed by atoms with E-state index >= 15 is 0 Å². The number of hydrogen-bond donors (Lipinski definition) is 0. The van der Waals surface area contributed by atoms with Gasteiger partial charge in [0.05, 0.1) is 13.0 Å². The average molecular weight is 178 g/mol. The molecule has 0 heterocycles. The molecule has 0 N–H and O–H groups in total. The molecule has 0 unspecified atom stereocenters. The number of benzene rings is 1. The summed E-state index contributed by atoms with van der Waals surface area (Å²) in [6.45, 7) is 1.98. The minimum atomic E-state index is -0.159. The first-order chi connectivity index (χ1) is 6.29. The summed E-state index contributed by atoms with van der Waals surface area (Å²) in [6, 6.07) is 9.70. The van der Waals surface area contributed by atoms with E-state index in [2.05, 4.69) is 0 Å². The lowest BCUT2D eigenvalue weighted by atomic mass is 9.97. The van der Waals surface area contributed by atoms with Crippen LogP contribution in [-0.2, 0) is 9.53 Å². The fourth-order valence-electron chi connectivity index (χ4n) is 1.37. The van der Waals surface area contributed by atoms with E-state index in [1.807, 2.05) is 37.3 Å². The van der Waals surface area contributed by atoms with Gasteiger partial charge in [-0.2, -0.15) is 0 Å². The van der Waals surface area contributed by atoms with Crippen molar-refractivity contribution in [1.29, 1.82) is 0 Å². The highest BCUT2D eigenvalue weighted by Crippen LogP contribution is 2.19. The molecular weight excluding hydrogens is 164 g/mol. The summed E-state index contributed by atoms with van der Waals surface area (Å²) in [4.78, 5) is 11.3. The maximum absolute atomic E-state index is 11.3. The molecule has 1 rings (SSSR count). The average Bonchev–Trinajstić information content (AvgIpc) is 2.20. The van der Waals surface area contributed by atoms with E-state index in [0.717, 1.165) is 12.0 Å². The van der Waals surface area contributed by atoms with Crippen LogP contribution in [0.2, 0.25) is 0 Å². The van der Waals surface area contributed by atoms with Gasteiger partial charge >= 0.3 is 5.97 Å². The third kappa shape index (κ3) is 2.31. The fraction of sp³-hybridized carbons (Fsp3) is 0.364. The number of carbonyl (C=O) groups is 1. The summed E-state index contributed by atoms with van der Waals surface area (Å²) in [5.74, 6) is -0.278. The lowest BCUT2D eigenvalue weighted by molar-refractivity contribution is -0.142. The molecule has 1 atom stereocenters. The molecule has 0 spiro atoms. The molecule has 0 aliphatic heterocycles. The van der Waals surface area contributed by atoms with Crippen molar-refractivity contribution in [2.24, 2.45) is 0 Å². The topological polar surface area (TPSA) is 26.3 Å². The van der Waals surface area contributed by atoms with Crippen LogP contribution in [0.3, 0.4) is 0 Å². The number of esters is 1. The molecule has 0 amide bonds. The minimum absolute atomic E-state index is 0.119. The number of rotatable bonds is 3. The highest BCUT2D eigenvalue weighted by molar-refractivity contribution is 5.77. The summed E-state index contributed by atoms with van der Waals surface area (Å²) in [6.07, 6.45) is 0.774. The molecule has 0 saturated heterocycles. The lowest BCUT2D eigenvalue weighted by Crippen LogP contribution is -2.13. The molecule has 13 heavy (non-hydrogen) atoms. The number of hydrogen-bond acceptors (Lipinski definition) is 2. The molecule has 0 aromatic heterocycles. The Morgan fingerprint density at radius 3 is 2.46 bits per heavy atom. The van der Waals surface area contributed by atoms with Crippen LogP contribution in [0.5, 0.6) is 0 Å². The normalized spacial score (nSPS) is 12.2. The van der Waals surface area contributed by atoms with Gasteiger partial charge in [-0.25, -0.2) is 0 Å². The second-order valence-corrected chi connectivity index (χ2v) is 2.89. The van der Waals surface area contributed by atoms with Gasteiger partial charge in [-0.1, -0.05) is 37.3 Å². The van der Waals surface area contributed by atoms with Crippen molar-refractivity contribution in [3.8, 4) is 0 Å². The van der Waals surface area contributed by atoms with Crippen LogP contribution >= 0.6 is 0 Å². The zero-order valence-corrected chi connectivity index (χ0v) is 7.99. The fourth-order valence-corrected chi connectivity index (χ4v) is 1.37. The molecule has 2 heteroatoms. The number of methoxy groups -OCH3 is 1. The third-order valence-electron chi connectivity index (χ3n) is 2.10. The Kier molecular flexibility index (Phi) is 3.50. The summed E-state index contributed by atoms with van der Waals surface area (Å²) in [5.41, 5.74) is 1.02. The minimum Gasteiger partial charge on any atom is -0.469 e. The molecule has 0 aliphatic carbocycles. The van der Waals surface area contributed by atoms with Crippen LogP contribution in [0.4, 0.5) is 0 Å². The molecule has 0 aliphatic rings. The second kappa shape index (κ2) is 4.65. The molecule has 1 aromatic carbocycles. The molecule has 1 aromatic rings. The van der Waals surface area contributed by atoms with Crippen molar-refractivity contribution in [2.45, 2.75) is 19.3 Å². The molecule has 0 radical (unpaired) electrons. The highest BCUT2D eigenvalue weighted by Gasteiger charge is 2.18. The largest absolute Gasteiger partial charge is 0.469 e. The van der Waals surface area contributed by atoms with Gasteiger partial charge < -0.3 is 4.74 Å². The third-order valence-corrected chi connectivity index (χ3v) is 2.10. The molecule has 0 bridgehead atoms. The van der Waals surface area contributed by atoms with E-state index in [4.69, 9.17) is 4.74 Å². The van der Waals surface area contributed by atoms with Crippen LogP contribution in [-0.4, -0.2) is 13.1 Å². The zero-order chi connectivity index (χ0) is 9.68. The number of ether oxygens (including phenoxy) is 1. The Balaban J connectivity index is 2.85. The maximum Gasteiger partial charge on any atom is 0.313 e. The van der Waals surface area contributed by atoms with Crippen molar-refractivity contribution in [3.05, 3.63) is 35.9 Å². The van der Waals surface area contributed by atoms with Gasteiger partial charge in [-0.15, -0.1) is 0 Å². The standard InChI is InChI=1S/C11H14O2/c1-3-10(11(12)13-2)9-7-5-4-6-8-9/h4-8,10H,3H2,1-2H3/t10-/m1/s1.